The number of rotatable bonds is 9. The zero-order valence-electron chi connectivity index (χ0n) is 19.9. The van der Waals surface area contributed by atoms with Crippen molar-refractivity contribution >= 4 is 23.2 Å². The first-order chi connectivity index (χ1) is 17.0. The summed E-state index contributed by atoms with van der Waals surface area (Å²) in [6, 6.07) is 16.4. The molecule has 1 N–H and O–H groups in total. The van der Waals surface area contributed by atoms with Crippen LogP contribution < -0.4 is 10.1 Å². The first kappa shape index (κ1) is 24.9. The van der Waals surface area contributed by atoms with Crippen molar-refractivity contribution in [3.05, 3.63) is 87.9 Å². The second-order valence-electron chi connectivity index (χ2n) is 8.90. The van der Waals surface area contributed by atoms with Crippen LogP contribution in [0, 0.1) is 5.82 Å². The van der Waals surface area contributed by atoms with Gasteiger partial charge >= 0.3 is 0 Å². The number of thiophene rings is 1. The maximum absolute atomic E-state index is 15.1. The molecule has 0 spiro atoms. The molecule has 1 aliphatic carbocycles. The highest BCUT2D eigenvalue weighted by molar-refractivity contribution is 7.10. The number of benzene rings is 2. The van der Waals surface area contributed by atoms with E-state index in [0.717, 1.165) is 42.5 Å². The molecule has 1 heterocycles. The Labute approximate surface area is 209 Å². The molecule has 1 aromatic heterocycles. The number of halogens is 1. The van der Waals surface area contributed by atoms with Gasteiger partial charge in [0.25, 0.3) is 0 Å². The average Bonchev–Trinajstić information content (AvgIpc) is 3.38. The highest BCUT2D eigenvalue weighted by Gasteiger charge is 2.34. The maximum atomic E-state index is 15.1. The molecule has 2 aromatic carbocycles. The molecule has 1 saturated carbocycles. The summed E-state index contributed by atoms with van der Waals surface area (Å²) in [5, 5.41) is 5.04. The van der Waals surface area contributed by atoms with Crippen molar-refractivity contribution < 1.29 is 18.7 Å². The molecule has 0 saturated heterocycles. The van der Waals surface area contributed by atoms with Crippen LogP contribution in [0.2, 0.25) is 0 Å². The zero-order chi connectivity index (χ0) is 24.6. The van der Waals surface area contributed by atoms with Gasteiger partial charge in [0.05, 0.1) is 13.5 Å². The fourth-order valence-corrected chi connectivity index (χ4v) is 5.33. The van der Waals surface area contributed by atoms with Gasteiger partial charge in [-0.1, -0.05) is 55.7 Å². The number of carbonyl (C=O) groups excluding carboxylic acids is 2. The predicted molar refractivity (Wildman–Crippen MR) is 136 cm³/mol. The maximum Gasteiger partial charge on any atom is 0.247 e. The molecule has 1 fully saturated rings. The molecular weight excluding hydrogens is 463 g/mol. The third-order valence-electron chi connectivity index (χ3n) is 6.42. The van der Waals surface area contributed by atoms with Gasteiger partial charge in [0.15, 0.2) is 0 Å². The molecule has 1 atom stereocenters. The summed E-state index contributed by atoms with van der Waals surface area (Å²) in [7, 11) is 1.58. The number of ether oxygens (including phenoxy) is 1. The van der Waals surface area contributed by atoms with Gasteiger partial charge in [-0.15, -0.1) is 11.3 Å². The molecule has 0 unspecified atom stereocenters. The molecule has 0 radical (unpaired) electrons. The molecule has 2 amide bonds. The number of amides is 2. The highest BCUT2D eigenvalue weighted by atomic mass is 32.1. The Morgan fingerprint density at radius 1 is 1.09 bits per heavy atom. The van der Waals surface area contributed by atoms with Crippen LogP contribution in [-0.2, 0) is 22.6 Å². The van der Waals surface area contributed by atoms with Gasteiger partial charge in [-0.05, 0) is 48.1 Å². The number of nitrogens with one attached hydrogen (secondary N) is 1. The van der Waals surface area contributed by atoms with Crippen LogP contribution in [0.3, 0.4) is 0 Å². The van der Waals surface area contributed by atoms with Crippen molar-refractivity contribution in [2.45, 2.75) is 57.2 Å². The lowest BCUT2D eigenvalue weighted by molar-refractivity contribution is -0.141. The van der Waals surface area contributed by atoms with Crippen LogP contribution in [-0.4, -0.2) is 29.9 Å². The van der Waals surface area contributed by atoms with Crippen molar-refractivity contribution in [3.8, 4) is 5.75 Å². The topological polar surface area (TPSA) is 58.6 Å². The number of carbonyl (C=O) groups is 2. The summed E-state index contributed by atoms with van der Waals surface area (Å²) >= 11 is 1.49. The minimum Gasteiger partial charge on any atom is -0.497 e. The standard InChI is InChI=1S/C28H31FN2O3S/c1-34-22-12-7-9-20(17-22)19-31(26(32)18-23-13-8-16-35-23)27(24-14-5-6-15-25(24)29)28(33)30-21-10-3-2-4-11-21/h5-9,12-17,21,27H,2-4,10-11,18-19H2,1H3,(H,30,33)/t27-/m1/s1. The summed E-state index contributed by atoms with van der Waals surface area (Å²) in [6.45, 7) is 0.151. The molecule has 0 aliphatic heterocycles. The van der Waals surface area contributed by atoms with Crippen molar-refractivity contribution in [3.63, 3.8) is 0 Å². The zero-order valence-corrected chi connectivity index (χ0v) is 20.7. The van der Waals surface area contributed by atoms with Crippen LogP contribution >= 0.6 is 11.3 Å². The Kier molecular flexibility index (Phi) is 8.53. The van der Waals surface area contributed by atoms with Gasteiger partial charge in [0.2, 0.25) is 11.8 Å². The first-order valence-electron chi connectivity index (χ1n) is 12.0. The van der Waals surface area contributed by atoms with Crippen LogP contribution in [0.25, 0.3) is 0 Å². The van der Waals surface area contributed by atoms with E-state index in [4.69, 9.17) is 4.74 Å². The smallest absolute Gasteiger partial charge is 0.247 e. The van der Waals surface area contributed by atoms with Gasteiger partial charge in [0.1, 0.15) is 17.6 Å². The number of methoxy groups -OCH3 is 1. The largest absolute Gasteiger partial charge is 0.497 e. The van der Waals surface area contributed by atoms with E-state index in [9.17, 15) is 9.59 Å². The van der Waals surface area contributed by atoms with Gasteiger partial charge in [0, 0.05) is 23.0 Å². The summed E-state index contributed by atoms with van der Waals surface area (Å²) in [5.74, 6) is -0.426. The normalized spacial score (nSPS) is 14.8. The fraction of sp³-hybridized carbons (Fsp3) is 0.357. The van der Waals surface area contributed by atoms with Crippen molar-refractivity contribution in [2.24, 2.45) is 0 Å². The lowest BCUT2D eigenvalue weighted by atomic mass is 9.94. The quantitative estimate of drug-likeness (QED) is 0.418. The second kappa shape index (κ2) is 12.0. The molecule has 7 heteroatoms. The van der Waals surface area contributed by atoms with E-state index in [1.807, 2.05) is 41.8 Å². The Morgan fingerprint density at radius 2 is 1.89 bits per heavy atom. The fourth-order valence-electron chi connectivity index (χ4n) is 4.63. The van der Waals surface area contributed by atoms with Crippen molar-refractivity contribution in [1.29, 1.82) is 0 Å². The third-order valence-corrected chi connectivity index (χ3v) is 7.30. The number of hydrogen-bond acceptors (Lipinski definition) is 4. The molecule has 3 aromatic rings. The monoisotopic (exact) mass is 494 g/mol. The van der Waals surface area contributed by atoms with Crippen molar-refractivity contribution in [1.82, 2.24) is 10.2 Å². The van der Waals surface area contributed by atoms with Gasteiger partial charge in [-0.2, -0.15) is 0 Å². The molecule has 4 rings (SSSR count). The molecule has 35 heavy (non-hydrogen) atoms. The Balaban J connectivity index is 1.71. The van der Waals surface area contributed by atoms with Crippen LogP contribution in [0.4, 0.5) is 4.39 Å². The Hall–Kier alpha value is -3.19. The average molecular weight is 495 g/mol. The summed E-state index contributed by atoms with van der Waals surface area (Å²) in [5.41, 5.74) is 0.999. The second-order valence-corrected chi connectivity index (χ2v) is 9.93. The minimum absolute atomic E-state index is 0.0385. The molecule has 0 bridgehead atoms. The Bertz CT molecular complexity index is 1130. The van der Waals surface area contributed by atoms with Gasteiger partial charge in [-0.25, -0.2) is 4.39 Å². The van der Waals surface area contributed by atoms with E-state index in [-0.39, 0.29) is 36.4 Å². The highest BCUT2D eigenvalue weighted by Crippen LogP contribution is 2.29. The lowest BCUT2D eigenvalue weighted by Gasteiger charge is -2.33. The Morgan fingerprint density at radius 3 is 2.60 bits per heavy atom. The first-order valence-corrected chi connectivity index (χ1v) is 12.9. The molecule has 1 aliphatic rings. The van der Waals surface area contributed by atoms with Crippen LogP contribution in [0.5, 0.6) is 5.75 Å². The molecule has 184 valence electrons. The van der Waals surface area contributed by atoms with Crippen LogP contribution in [0.15, 0.2) is 66.0 Å². The third kappa shape index (κ3) is 6.48. The molecule has 5 nitrogen and oxygen atoms in total. The van der Waals surface area contributed by atoms with E-state index in [1.165, 1.54) is 22.3 Å². The lowest BCUT2D eigenvalue weighted by Crippen LogP contribution is -2.47. The van der Waals surface area contributed by atoms with Gasteiger partial charge in [-0.3, -0.25) is 9.59 Å². The summed E-state index contributed by atoms with van der Waals surface area (Å²) in [6.07, 6.45) is 5.21. The SMILES string of the molecule is COc1cccc(CN(C(=O)Cc2cccs2)[C@@H](C(=O)NC2CCCCC2)c2ccccc2F)c1. The predicted octanol–water partition coefficient (Wildman–Crippen LogP) is 5.66. The summed E-state index contributed by atoms with van der Waals surface area (Å²) < 4.78 is 20.5. The number of hydrogen-bond donors (Lipinski definition) is 1. The van der Waals surface area contributed by atoms with E-state index in [2.05, 4.69) is 5.32 Å². The van der Waals surface area contributed by atoms with E-state index in [0.29, 0.717) is 5.75 Å². The van der Waals surface area contributed by atoms with E-state index < -0.39 is 11.9 Å². The minimum atomic E-state index is -1.09. The van der Waals surface area contributed by atoms with E-state index >= 15 is 4.39 Å². The molecular formula is C28H31FN2O3S. The van der Waals surface area contributed by atoms with Crippen molar-refractivity contribution in [2.75, 3.05) is 7.11 Å². The van der Waals surface area contributed by atoms with E-state index in [1.54, 1.807) is 25.3 Å². The van der Waals surface area contributed by atoms with Gasteiger partial charge < -0.3 is 15.0 Å². The number of nitrogens with zero attached hydrogens (tertiary/aromatic N) is 1. The van der Waals surface area contributed by atoms with Crippen LogP contribution in [0.1, 0.15) is 54.1 Å². The summed E-state index contributed by atoms with van der Waals surface area (Å²) in [4.78, 5) is 29.8.